The molecule has 0 fully saturated rings. The highest BCUT2D eigenvalue weighted by Crippen LogP contribution is 2.22. The monoisotopic (exact) mass is 238 g/mol. The summed E-state index contributed by atoms with van der Waals surface area (Å²) in [6.45, 7) is 0. The van der Waals surface area contributed by atoms with Crippen LogP contribution in [0.2, 0.25) is 0 Å². The van der Waals surface area contributed by atoms with E-state index >= 15 is 0 Å². The first-order valence-electron chi connectivity index (χ1n) is 4.78. The van der Waals surface area contributed by atoms with Crippen LogP contribution in [0, 0.1) is 17.1 Å². The van der Waals surface area contributed by atoms with E-state index in [1.807, 2.05) is 6.07 Å². The van der Waals surface area contributed by atoms with Gasteiger partial charge in [0.05, 0.1) is 12.5 Å². The smallest absolute Gasteiger partial charge is 0.249 e. The van der Waals surface area contributed by atoms with E-state index < -0.39 is 23.9 Å². The third-order valence-electron chi connectivity index (χ3n) is 2.29. The van der Waals surface area contributed by atoms with Gasteiger partial charge in [0.25, 0.3) is 0 Å². The fourth-order valence-corrected chi connectivity index (χ4v) is 1.41. The molecular weight excluding hydrogens is 227 g/mol. The van der Waals surface area contributed by atoms with E-state index in [2.05, 4.69) is 0 Å². The summed E-state index contributed by atoms with van der Waals surface area (Å²) in [5.74, 6) is -1.76. The number of hydrogen-bond acceptors (Lipinski definition) is 4. The normalized spacial score (nSPS) is 13.8. The highest BCUT2D eigenvalue weighted by molar-refractivity contribution is 5.79. The summed E-state index contributed by atoms with van der Waals surface area (Å²) in [5, 5.41) is 27.5. The van der Waals surface area contributed by atoms with E-state index in [1.54, 1.807) is 0 Å². The van der Waals surface area contributed by atoms with Gasteiger partial charge in [0.15, 0.2) is 6.10 Å². The van der Waals surface area contributed by atoms with Crippen molar-refractivity contribution in [1.82, 2.24) is 0 Å². The molecule has 0 saturated heterocycles. The molecule has 0 aliphatic rings. The minimum absolute atomic E-state index is 0.0159. The minimum Gasteiger partial charge on any atom is -0.385 e. The van der Waals surface area contributed by atoms with Crippen molar-refractivity contribution in [2.24, 2.45) is 5.73 Å². The Bertz CT molecular complexity index is 470. The first kappa shape index (κ1) is 13.1. The molecule has 0 aromatic heterocycles. The number of aliphatic hydroxyl groups excluding tert-OH is 2. The van der Waals surface area contributed by atoms with Gasteiger partial charge in [0, 0.05) is 0 Å². The van der Waals surface area contributed by atoms with Gasteiger partial charge in [-0.3, -0.25) is 4.79 Å². The molecule has 4 N–H and O–H groups in total. The number of benzene rings is 1. The molecule has 5 nitrogen and oxygen atoms in total. The summed E-state index contributed by atoms with van der Waals surface area (Å²) in [7, 11) is 0. The number of halogens is 1. The van der Waals surface area contributed by atoms with Gasteiger partial charge in [0.2, 0.25) is 5.91 Å². The van der Waals surface area contributed by atoms with Crippen LogP contribution in [0.3, 0.4) is 0 Å². The van der Waals surface area contributed by atoms with Gasteiger partial charge in [-0.05, 0) is 23.3 Å². The Labute approximate surface area is 96.9 Å². The van der Waals surface area contributed by atoms with Crippen LogP contribution < -0.4 is 5.73 Å². The number of nitriles is 1. The SMILES string of the molecule is N#CCc1ccc(F)cc1C(O)C(O)C(N)=O. The van der Waals surface area contributed by atoms with Crippen LogP contribution in [0.1, 0.15) is 17.2 Å². The van der Waals surface area contributed by atoms with Gasteiger partial charge in [0.1, 0.15) is 11.9 Å². The van der Waals surface area contributed by atoms with Crippen LogP contribution in [0.15, 0.2) is 18.2 Å². The molecule has 0 radical (unpaired) electrons. The number of amides is 1. The standard InChI is InChI=1S/C11H11FN2O3/c12-7-2-1-6(3-4-13)8(5-7)9(15)10(16)11(14)17/h1-2,5,9-10,15-16H,3H2,(H2,14,17). The fraction of sp³-hybridized carbons (Fsp3) is 0.273. The second-order valence-electron chi connectivity index (χ2n) is 3.47. The van der Waals surface area contributed by atoms with Crippen LogP contribution >= 0.6 is 0 Å². The Morgan fingerprint density at radius 2 is 2.18 bits per heavy atom. The second kappa shape index (κ2) is 5.39. The van der Waals surface area contributed by atoms with Crippen molar-refractivity contribution in [3.8, 4) is 6.07 Å². The Morgan fingerprint density at radius 3 is 2.71 bits per heavy atom. The first-order valence-corrected chi connectivity index (χ1v) is 4.78. The number of nitrogens with two attached hydrogens (primary N) is 1. The Hall–Kier alpha value is -1.97. The van der Waals surface area contributed by atoms with E-state index in [1.165, 1.54) is 6.07 Å². The first-order chi connectivity index (χ1) is 7.97. The number of primary amides is 1. The van der Waals surface area contributed by atoms with Crippen LogP contribution in [0.4, 0.5) is 4.39 Å². The highest BCUT2D eigenvalue weighted by atomic mass is 19.1. The zero-order chi connectivity index (χ0) is 13.0. The molecule has 2 atom stereocenters. The molecule has 90 valence electrons. The molecule has 1 rings (SSSR count). The van der Waals surface area contributed by atoms with Crippen LogP contribution in [-0.4, -0.2) is 22.2 Å². The molecule has 17 heavy (non-hydrogen) atoms. The molecule has 0 heterocycles. The van der Waals surface area contributed by atoms with Crippen molar-refractivity contribution in [2.75, 3.05) is 0 Å². The topological polar surface area (TPSA) is 107 Å². The summed E-state index contributed by atoms with van der Waals surface area (Å²) in [4.78, 5) is 10.7. The van der Waals surface area contributed by atoms with Crippen molar-refractivity contribution in [1.29, 1.82) is 5.26 Å². The minimum atomic E-state index is -1.84. The largest absolute Gasteiger partial charge is 0.385 e. The predicted octanol–water partition coefficient (Wildman–Crippen LogP) is -0.229. The second-order valence-corrected chi connectivity index (χ2v) is 3.47. The van der Waals surface area contributed by atoms with Gasteiger partial charge in [-0.25, -0.2) is 4.39 Å². The molecule has 0 aliphatic heterocycles. The predicted molar refractivity (Wildman–Crippen MR) is 55.9 cm³/mol. The molecule has 0 bridgehead atoms. The van der Waals surface area contributed by atoms with Crippen molar-refractivity contribution in [2.45, 2.75) is 18.6 Å². The summed E-state index contributed by atoms with van der Waals surface area (Å²) in [5.41, 5.74) is 5.15. The third-order valence-corrected chi connectivity index (χ3v) is 2.29. The van der Waals surface area contributed by atoms with Crippen LogP contribution in [-0.2, 0) is 11.2 Å². The molecule has 0 saturated carbocycles. The lowest BCUT2D eigenvalue weighted by molar-refractivity contribution is -0.132. The number of aliphatic hydroxyl groups is 2. The maximum atomic E-state index is 13.0. The zero-order valence-electron chi connectivity index (χ0n) is 8.80. The highest BCUT2D eigenvalue weighted by Gasteiger charge is 2.25. The van der Waals surface area contributed by atoms with Crippen molar-refractivity contribution in [3.05, 3.63) is 35.1 Å². The molecule has 6 heteroatoms. The summed E-state index contributed by atoms with van der Waals surface area (Å²) in [6.07, 6.45) is -3.56. The van der Waals surface area contributed by atoms with Gasteiger partial charge in [-0.15, -0.1) is 0 Å². The molecule has 1 aromatic carbocycles. The van der Waals surface area contributed by atoms with E-state index in [0.717, 1.165) is 12.1 Å². The van der Waals surface area contributed by atoms with Gasteiger partial charge in [-0.1, -0.05) is 6.07 Å². The summed E-state index contributed by atoms with van der Waals surface area (Å²) >= 11 is 0. The maximum Gasteiger partial charge on any atom is 0.249 e. The van der Waals surface area contributed by atoms with E-state index in [0.29, 0.717) is 5.56 Å². The van der Waals surface area contributed by atoms with Gasteiger partial charge >= 0.3 is 0 Å². The summed E-state index contributed by atoms with van der Waals surface area (Å²) < 4.78 is 13.0. The lowest BCUT2D eigenvalue weighted by Gasteiger charge is -2.17. The average molecular weight is 238 g/mol. The van der Waals surface area contributed by atoms with E-state index in [9.17, 15) is 19.4 Å². The molecule has 2 unspecified atom stereocenters. The number of carbonyl (C=O) groups excluding carboxylic acids is 1. The van der Waals surface area contributed by atoms with Crippen molar-refractivity contribution < 1.29 is 19.4 Å². The Kier molecular flexibility index (Phi) is 4.15. The Balaban J connectivity index is 3.14. The number of rotatable bonds is 4. The number of carbonyl (C=O) groups is 1. The van der Waals surface area contributed by atoms with Crippen molar-refractivity contribution >= 4 is 5.91 Å². The maximum absolute atomic E-state index is 13.0. The third kappa shape index (κ3) is 3.00. The van der Waals surface area contributed by atoms with E-state index in [-0.39, 0.29) is 12.0 Å². The lowest BCUT2D eigenvalue weighted by atomic mass is 9.96. The molecule has 1 amide bonds. The van der Waals surface area contributed by atoms with Gasteiger partial charge in [-0.2, -0.15) is 5.26 Å². The number of hydrogen-bond donors (Lipinski definition) is 3. The van der Waals surface area contributed by atoms with Crippen LogP contribution in [0.5, 0.6) is 0 Å². The zero-order valence-corrected chi connectivity index (χ0v) is 8.80. The van der Waals surface area contributed by atoms with Crippen LogP contribution in [0.25, 0.3) is 0 Å². The quantitative estimate of drug-likeness (QED) is 0.673. The summed E-state index contributed by atoms with van der Waals surface area (Å²) in [6, 6.07) is 5.23. The Morgan fingerprint density at radius 1 is 1.53 bits per heavy atom. The molecule has 1 aromatic rings. The molecular formula is C11H11FN2O3. The van der Waals surface area contributed by atoms with Crippen molar-refractivity contribution in [3.63, 3.8) is 0 Å². The molecule has 0 spiro atoms. The lowest BCUT2D eigenvalue weighted by Crippen LogP contribution is -2.34. The average Bonchev–Trinajstić information content (AvgIpc) is 2.29. The number of nitrogens with zero attached hydrogens (tertiary/aromatic N) is 1. The fourth-order valence-electron chi connectivity index (χ4n) is 1.41. The van der Waals surface area contributed by atoms with Gasteiger partial charge < -0.3 is 15.9 Å². The van der Waals surface area contributed by atoms with E-state index in [4.69, 9.17) is 11.0 Å². The molecule has 0 aliphatic carbocycles.